The van der Waals surface area contributed by atoms with E-state index in [2.05, 4.69) is 5.32 Å². The minimum absolute atomic E-state index is 0.225. The predicted molar refractivity (Wildman–Crippen MR) is 89.1 cm³/mol. The monoisotopic (exact) mass is 319 g/mol. The standard InChI is InChI=1S/C18H25NO4/c1-5-22-16(20)12-15(11-14-9-7-6-8-10-14)13-19-17(21)23-18(2,3)4/h6-10,12H,5,11,13H2,1-4H3,(H,19,21)/b15-12+. The van der Waals surface area contributed by atoms with Gasteiger partial charge in [-0.3, -0.25) is 0 Å². The van der Waals surface area contributed by atoms with Crippen molar-refractivity contribution in [2.75, 3.05) is 13.2 Å². The van der Waals surface area contributed by atoms with Gasteiger partial charge < -0.3 is 14.8 Å². The summed E-state index contributed by atoms with van der Waals surface area (Å²) in [6.45, 7) is 7.68. The van der Waals surface area contributed by atoms with Crippen LogP contribution in [0.5, 0.6) is 0 Å². The number of carbonyl (C=O) groups excluding carboxylic acids is 2. The third-order valence-electron chi connectivity index (χ3n) is 2.74. The van der Waals surface area contributed by atoms with Crippen molar-refractivity contribution in [3.05, 3.63) is 47.5 Å². The van der Waals surface area contributed by atoms with Gasteiger partial charge in [0.05, 0.1) is 6.61 Å². The van der Waals surface area contributed by atoms with Crippen LogP contribution in [0.25, 0.3) is 0 Å². The van der Waals surface area contributed by atoms with Crippen LogP contribution in [0.1, 0.15) is 33.3 Å². The maximum atomic E-state index is 11.8. The van der Waals surface area contributed by atoms with Crippen LogP contribution < -0.4 is 5.32 Å². The van der Waals surface area contributed by atoms with Gasteiger partial charge in [-0.15, -0.1) is 0 Å². The van der Waals surface area contributed by atoms with E-state index in [-0.39, 0.29) is 6.54 Å². The lowest BCUT2D eigenvalue weighted by Gasteiger charge is -2.20. The topological polar surface area (TPSA) is 64.6 Å². The molecule has 0 aromatic heterocycles. The van der Waals surface area contributed by atoms with Gasteiger partial charge in [0.15, 0.2) is 0 Å². The maximum Gasteiger partial charge on any atom is 0.407 e. The third-order valence-corrected chi connectivity index (χ3v) is 2.74. The molecule has 0 fully saturated rings. The number of benzene rings is 1. The molecule has 1 aromatic carbocycles. The molecule has 23 heavy (non-hydrogen) atoms. The fourth-order valence-corrected chi connectivity index (χ4v) is 1.87. The van der Waals surface area contributed by atoms with Crippen LogP contribution in [0.2, 0.25) is 0 Å². The molecule has 0 spiro atoms. The molecule has 0 atom stereocenters. The number of rotatable bonds is 6. The van der Waals surface area contributed by atoms with Gasteiger partial charge in [0.1, 0.15) is 5.60 Å². The summed E-state index contributed by atoms with van der Waals surface area (Å²) in [4.78, 5) is 23.4. The summed E-state index contributed by atoms with van der Waals surface area (Å²) in [7, 11) is 0. The first-order valence-corrected chi connectivity index (χ1v) is 7.67. The highest BCUT2D eigenvalue weighted by atomic mass is 16.6. The largest absolute Gasteiger partial charge is 0.463 e. The maximum absolute atomic E-state index is 11.8. The molecule has 0 radical (unpaired) electrons. The van der Waals surface area contributed by atoms with E-state index >= 15 is 0 Å². The van der Waals surface area contributed by atoms with E-state index < -0.39 is 17.7 Å². The van der Waals surface area contributed by atoms with Crippen LogP contribution in [-0.4, -0.2) is 30.8 Å². The number of amides is 1. The Balaban J connectivity index is 2.72. The molecular formula is C18H25NO4. The van der Waals surface area contributed by atoms with Crippen LogP contribution in [0.4, 0.5) is 4.79 Å². The molecule has 0 unspecified atom stereocenters. The molecule has 0 aliphatic carbocycles. The quantitative estimate of drug-likeness (QED) is 0.646. The highest BCUT2D eigenvalue weighted by Gasteiger charge is 2.16. The van der Waals surface area contributed by atoms with Crippen molar-refractivity contribution in [1.29, 1.82) is 0 Å². The van der Waals surface area contributed by atoms with E-state index in [9.17, 15) is 9.59 Å². The smallest absolute Gasteiger partial charge is 0.407 e. The lowest BCUT2D eigenvalue weighted by molar-refractivity contribution is -0.137. The Kier molecular flexibility index (Phi) is 7.32. The van der Waals surface area contributed by atoms with Gasteiger partial charge >= 0.3 is 12.1 Å². The number of nitrogens with one attached hydrogen (secondary N) is 1. The third kappa shape index (κ3) is 8.66. The molecule has 1 rings (SSSR count). The van der Waals surface area contributed by atoms with Gasteiger partial charge in [-0.2, -0.15) is 0 Å². The van der Waals surface area contributed by atoms with Crippen LogP contribution >= 0.6 is 0 Å². The normalized spacial score (nSPS) is 11.7. The van der Waals surface area contributed by atoms with Crippen molar-refractivity contribution in [1.82, 2.24) is 5.32 Å². The average molecular weight is 319 g/mol. The minimum atomic E-state index is -0.561. The summed E-state index contributed by atoms with van der Waals surface area (Å²) in [5.74, 6) is -0.413. The Morgan fingerprint density at radius 3 is 2.39 bits per heavy atom. The molecule has 0 heterocycles. The highest BCUT2D eigenvalue weighted by Crippen LogP contribution is 2.09. The zero-order chi connectivity index (χ0) is 17.3. The van der Waals surface area contributed by atoms with Gasteiger partial charge in [-0.1, -0.05) is 30.3 Å². The van der Waals surface area contributed by atoms with Crippen molar-refractivity contribution in [3.8, 4) is 0 Å². The van der Waals surface area contributed by atoms with Gasteiger partial charge in [0, 0.05) is 12.6 Å². The van der Waals surface area contributed by atoms with Crippen LogP contribution in [-0.2, 0) is 20.7 Å². The number of hydrogen-bond donors (Lipinski definition) is 1. The summed E-state index contributed by atoms with van der Waals surface area (Å²) < 4.78 is 10.1. The molecule has 5 nitrogen and oxygen atoms in total. The van der Waals surface area contributed by atoms with Crippen LogP contribution in [0.3, 0.4) is 0 Å². The van der Waals surface area contributed by atoms with E-state index in [0.717, 1.165) is 11.1 Å². The van der Waals surface area contributed by atoms with Crippen molar-refractivity contribution in [3.63, 3.8) is 0 Å². The molecule has 1 aromatic rings. The minimum Gasteiger partial charge on any atom is -0.463 e. The van der Waals surface area contributed by atoms with Crippen molar-refractivity contribution in [2.24, 2.45) is 0 Å². The summed E-state index contributed by atoms with van der Waals surface area (Å²) in [6, 6.07) is 9.72. The Morgan fingerprint density at radius 1 is 1.17 bits per heavy atom. The average Bonchev–Trinajstić information content (AvgIpc) is 2.44. The van der Waals surface area contributed by atoms with Gasteiger partial charge in [0.2, 0.25) is 0 Å². The first-order chi connectivity index (χ1) is 10.8. The van der Waals surface area contributed by atoms with E-state index in [0.29, 0.717) is 13.0 Å². The number of carbonyl (C=O) groups is 2. The van der Waals surface area contributed by atoms with E-state index in [1.165, 1.54) is 6.08 Å². The number of alkyl carbamates (subject to hydrolysis) is 1. The molecule has 126 valence electrons. The molecule has 0 saturated carbocycles. The van der Waals surface area contributed by atoms with E-state index in [4.69, 9.17) is 9.47 Å². The van der Waals surface area contributed by atoms with E-state index in [1.807, 2.05) is 30.3 Å². The summed E-state index contributed by atoms with van der Waals surface area (Å²) in [6.07, 6.45) is 1.46. The van der Waals surface area contributed by atoms with Crippen molar-refractivity contribution < 1.29 is 19.1 Å². The van der Waals surface area contributed by atoms with E-state index in [1.54, 1.807) is 27.7 Å². The molecule has 5 heteroatoms. The number of hydrogen-bond acceptors (Lipinski definition) is 4. The summed E-state index contributed by atoms with van der Waals surface area (Å²) in [5, 5.41) is 2.67. The van der Waals surface area contributed by atoms with Gasteiger partial charge in [-0.25, -0.2) is 9.59 Å². The second-order valence-corrected chi connectivity index (χ2v) is 6.07. The Bertz CT molecular complexity index is 544. The number of ether oxygens (including phenoxy) is 2. The summed E-state index contributed by atoms with van der Waals surface area (Å²) in [5.41, 5.74) is 1.24. The van der Waals surface area contributed by atoms with Gasteiger partial charge in [0.25, 0.3) is 0 Å². The molecular weight excluding hydrogens is 294 g/mol. The fraction of sp³-hybridized carbons (Fsp3) is 0.444. The van der Waals surface area contributed by atoms with Crippen LogP contribution in [0, 0.1) is 0 Å². The second-order valence-electron chi connectivity index (χ2n) is 6.07. The Hall–Kier alpha value is -2.30. The number of esters is 1. The lowest BCUT2D eigenvalue weighted by atomic mass is 10.0. The Morgan fingerprint density at radius 2 is 1.83 bits per heavy atom. The first-order valence-electron chi connectivity index (χ1n) is 7.67. The van der Waals surface area contributed by atoms with Gasteiger partial charge in [-0.05, 0) is 45.3 Å². The molecule has 0 bridgehead atoms. The lowest BCUT2D eigenvalue weighted by Crippen LogP contribution is -2.33. The van der Waals surface area contributed by atoms with Crippen molar-refractivity contribution in [2.45, 2.75) is 39.7 Å². The first kappa shape index (κ1) is 18.7. The zero-order valence-electron chi connectivity index (χ0n) is 14.2. The Labute approximate surface area is 137 Å². The molecule has 1 N–H and O–H groups in total. The SMILES string of the molecule is CCOC(=O)/C=C(/CNC(=O)OC(C)(C)C)Cc1ccccc1. The molecule has 0 saturated heterocycles. The zero-order valence-corrected chi connectivity index (χ0v) is 14.2. The molecule has 1 amide bonds. The highest BCUT2D eigenvalue weighted by molar-refractivity contribution is 5.83. The molecule has 0 aliphatic rings. The molecule has 0 aliphatic heterocycles. The fourth-order valence-electron chi connectivity index (χ4n) is 1.87. The predicted octanol–water partition coefficient (Wildman–Crippen LogP) is 3.24. The van der Waals surface area contributed by atoms with Crippen molar-refractivity contribution >= 4 is 12.1 Å². The second kappa shape index (κ2) is 8.98. The summed E-state index contributed by atoms with van der Waals surface area (Å²) >= 11 is 0. The van der Waals surface area contributed by atoms with Crippen LogP contribution in [0.15, 0.2) is 42.0 Å².